The molecule has 2 heterocycles. The van der Waals surface area contributed by atoms with Gasteiger partial charge in [-0.3, -0.25) is 20.2 Å². The highest BCUT2D eigenvalue weighted by Crippen LogP contribution is 2.27. The number of nitrogens with zero attached hydrogens (tertiary/aromatic N) is 2. The fourth-order valence-electron chi connectivity index (χ4n) is 3.89. The van der Waals surface area contributed by atoms with Crippen molar-refractivity contribution in [3.05, 3.63) is 106 Å². The first-order valence-corrected chi connectivity index (χ1v) is 14.1. The Balaban J connectivity index is 1.23. The van der Waals surface area contributed by atoms with Crippen molar-refractivity contribution >= 4 is 44.8 Å². The molecule has 2 N–H and O–H groups in total. The molecule has 0 saturated carbocycles. The van der Waals surface area contributed by atoms with Gasteiger partial charge in [0, 0.05) is 33.0 Å². The van der Waals surface area contributed by atoms with Crippen LogP contribution >= 0.6 is 22.7 Å². The Bertz CT molecular complexity index is 1460. The van der Waals surface area contributed by atoms with Crippen LogP contribution in [0.3, 0.4) is 0 Å². The Labute approximate surface area is 229 Å². The van der Waals surface area contributed by atoms with E-state index >= 15 is 0 Å². The molecule has 0 aliphatic carbocycles. The predicted octanol–water partition coefficient (Wildman–Crippen LogP) is 7.56. The topological polar surface area (TPSA) is 84.0 Å². The molecule has 190 valence electrons. The van der Waals surface area contributed by atoms with E-state index in [0.717, 1.165) is 35.4 Å². The first-order chi connectivity index (χ1) is 18.5. The van der Waals surface area contributed by atoms with E-state index in [1.807, 2.05) is 35.0 Å². The Hall–Kier alpha value is -4.14. The van der Waals surface area contributed by atoms with Gasteiger partial charge in [0.25, 0.3) is 11.8 Å². The molecule has 2 aromatic heterocycles. The normalized spacial score (nSPS) is 10.8. The number of hydrogen-bond acceptors (Lipinski definition) is 6. The highest BCUT2D eigenvalue weighted by molar-refractivity contribution is 7.14. The second-order valence-corrected chi connectivity index (χ2v) is 10.4. The summed E-state index contributed by atoms with van der Waals surface area (Å²) in [5, 5.41) is 10.5. The van der Waals surface area contributed by atoms with Crippen molar-refractivity contribution in [2.24, 2.45) is 0 Å². The highest BCUT2D eigenvalue weighted by Gasteiger charge is 2.15. The van der Waals surface area contributed by atoms with E-state index in [-0.39, 0.29) is 11.8 Å². The Morgan fingerprint density at radius 1 is 0.658 bits per heavy atom. The van der Waals surface area contributed by atoms with Crippen molar-refractivity contribution in [1.29, 1.82) is 0 Å². The van der Waals surface area contributed by atoms with Crippen molar-refractivity contribution in [2.45, 2.75) is 26.7 Å². The number of hydrogen-bond donors (Lipinski definition) is 2. The third-order valence-corrected chi connectivity index (χ3v) is 7.67. The third-order valence-electron chi connectivity index (χ3n) is 6.15. The third kappa shape index (κ3) is 5.88. The van der Waals surface area contributed by atoms with Crippen molar-refractivity contribution in [3.8, 4) is 22.5 Å². The minimum atomic E-state index is -0.325. The van der Waals surface area contributed by atoms with Crippen LogP contribution in [0.1, 0.15) is 45.7 Å². The average Bonchev–Trinajstić information content (AvgIpc) is 3.63. The van der Waals surface area contributed by atoms with E-state index in [0.29, 0.717) is 21.4 Å². The number of aryl methyl sites for hydroxylation is 2. The summed E-state index contributed by atoms with van der Waals surface area (Å²) in [5.74, 6) is -0.650. The summed E-state index contributed by atoms with van der Waals surface area (Å²) in [6.45, 7) is 4.24. The van der Waals surface area contributed by atoms with E-state index < -0.39 is 0 Å². The van der Waals surface area contributed by atoms with Crippen LogP contribution in [-0.4, -0.2) is 21.8 Å². The van der Waals surface area contributed by atoms with Gasteiger partial charge in [-0.05, 0) is 42.2 Å². The van der Waals surface area contributed by atoms with Crippen molar-refractivity contribution in [1.82, 2.24) is 9.97 Å². The van der Waals surface area contributed by atoms with Gasteiger partial charge in [-0.15, -0.1) is 22.7 Å². The largest absolute Gasteiger partial charge is 0.298 e. The zero-order valence-electron chi connectivity index (χ0n) is 21.0. The maximum absolute atomic E-state index is 12.9. The Morgan fingerprint density at radius 2 is 1.08 bits per heavy atom. The lowest BCUT2D eigenvalue weighted by molar-refractivity contribution is 0.102. The molecule has 5 rings (SSSR count). The van der Waals surface area contributed by atoms with Crippen LogP contribution in [0.2, 0.25) is 0 Å². The molecular formula is C30H26N4O2S2. The molecule has 0 radical (unpaired) electrons. The molecule has 0 spiro atoms. The van der Waals surface area contributed by atoms with Crippen LogP contribution in [0.15, 0.2) is 83.6 Å². The Kier molecular flexibility index (Phi) is 7.72. The van der Waals surface area contributed by atoms with Crippen LogP contribution in [0.4, 0.5) is 10.3 Å². The van der Waals surface area contributed by atoms with Crippen molar-refractivity contribution in [2.75, 3.05) is 10.6 Å². The molecule has 38 heavy (non-hydrogen) atoms. The number of anilines is 2. The molecule has 0 unspecified atom stereocenters. The molecule has 0 fully saturated rings. The van der Waals surface area contributed by atoms with E-state index in [9.17, 15) is 9.59 Å². The van der Waals surface area contributed by atoms with E-state index in [1.165, 1.54) is 33.8 Å². The summed E-state index contributed by atoms with van der Waals surface area (Å²) in [6, 6.07) is 23.1. The van der Waals surface area contributed by atoms with Crippen molar-refractivity contribution < 1.29 is 9.59 Å². The molecular weight excluding hydrogens is 512 g/mol. The van der Waals surface area contributed by atoms with Gasteiger partial charge in [-0.25, -0.2) is 9.97 Å². The monoisotopic (exact) mass is 538 g/mol. The summed E-state index contributed by atoms with van der Waals surface area (Å²) in [6.07, 6.45) is 1.96. The average molecular weight is 539 g/mol. The molecule has 0 aliphatic rings. The summed E-state index contributed by atoms with van der Waals surface area (Å²) in [7, 11) is 0. The zero-order valence-corrected chi connectivity index (χ0v) is 22.7. The van der Waals surface area contributed by atoms with Gasteiger partial charge < -0.3 is 0 Å². The summed E-state index contributed by atoms with van der Waals surface area (Å²) in [5.41, 5.74) is 6.89. The predicted molar refractivity (Wildman–Crippen MR) is 156 cm³/mol. The minimum absolute atomic E-state index is 0.325. The van der Waals surface area contributed by atoms with Crippen LogP contribution in [0.25, 0.3) is 22.5 Å². The lowest BCUT2D eigenvalue weighted by Gasteiger charge is -2.05. The standard InChI is InChI=1S/C30H26N4O2S2/c1-3-19-8-12-21(13-9-19)25-17-37-29(31-25)33-27(35)23-6-5-7-24(16-23)28(36)34-30-32-26(18-38-30)22-14-10-20(4-2)11-15-22/h5-18H,3-4H2,1-2H3,(H,31,33,35)(H,32,34,36). The number of carbonyl (C=O) groups excluding carboxylic acids is 2. The molecule has 0 aliphatic heterocycles. The van der Waals surface area contributed by atoms with Gasteiger partial charge in [-0.1, -0.05) is 68.4 Å². The molecule has 6 nitrogen and oxygen atoms in total. The molecule has 3 aromatic carbocycles. The molecule has 0 saturated heterocycles. The Morgan fingerprint density at radius 3 is 1.47 bits per heavy atom. The number of rotatable bonds is 8. The molecule has 0 atom stereocenters. The molecule has 2 amide bonds. The van der Waals surface area contributed by atoms with Crippen LogP contribution in [0.5, 0.6) is 0 Å². The second-order valence-electron chi connectivity index (χ2n) is 8.67. The number of thiazole rings is 2. The van der Waals surface area contributed by atoms with Gasteiger partial charge in [0.05, 0.1) is 11.4 Å². The number of benzene rings is 3. The minimum Gasteiger partial charge on any atom is -0.298 e. The number of nitrogens with one attached hydrogen (secondary N) is 2. The zero-order chi connectivity index (χ0) is 26.5. The van der Waals surface area contributed by atoms with Gasteiger partial charge in [0.2, 0.25) is 0 Å². The lowest BCUT2D eigenvalue weighted by atomic mass is 10.1. The SMILES string of the molecule is CCc1ccc(-c2csc(NC(=O)c3cccc(C(=O)Nc4nc(-c5ccc(CC)cc5)cs4)c3)n2)cc1. The fourth-order valence-corrected chi connectivity index (χ4v) is 5.32. The lowest BCUT2D eigenvalue weighted by Crippen LogP contribution is -2.15. The van der Waals surface area contributed by atoms with Crippen LogP contribution in [0, 0.1) is 0 Å². The molecule has 0 bridgehead atoms. The van der Waals surface area contributed by atoms with E-state index in [2.05, 4.69) is 58.7 Å². The second kappa shape index (κ2) is 11.5. The maximum atomic E-state index is 12.9. The number of amides is 2. The van der Waals surface area contributed by atoms with Crippen molar-refractivity contribution in [3.63, 3.8) is 0 Å². The number of aromatic nitrogens is 2. The van der Waals surface area contributed by atoms with Gasteiger partial charge in [0.1, 0.15) is 0 Å². The first kappa shape index (κ1) is 25.5. The van der Waals surface area contributed by atoms with Gasteiger partial charge in [0.15, 0.2) is 10.3 Å². The maximum Gasteiger partial charge on any atom is 0.257 e. The summed E-state index contributed by atoms with van der Waals surface area (Å²) in [4.78, 5) is 34.9. The quantitative estimate of drug-likeness (QED) is 0.213. The number of carbonyl (C=O) groups is 2. The molecule has 5 aromatic rings. The fraction of sp³-hybridized carbons (Fsp3) is 0.133. The van der Waals surface area contributed by atoms with E-state index in [1.54, 1.807) is 24.3 Å². The highest BCUT2D eigenvalue weighted by atomic mass is 32.1. The smallest absolute Gasteiger partial charge is 0.257 e. The van der Waals surface area contributed by atoms with Gasteiger partial charge in [-0.2, -0.15) is 0 Å². The van der Waals surface area contributed by atoms with Gasteiger partial charge >= 0.3 is 0 Å². The summed E-state index contributed by atoms with van der Waals surface area (Å²) < 4.78 is 0. The van der Waals surface area contributed by atoms with Crippen LogP contribution < -0.4 is 10.6 Å². The first-order valence-electron chi connectivity index (χ1n) is 12.3. The van der Waals surface area contributed by atoms with Crippen LogP contribution in [-0.2, 0) is 12.8 Å². The summed E-state index contributed by atoms with van der Waals surface area (Å²) >= 11 is 2.73. The van der Waals surface area contributed by atoms with E-state index in [4.69, 9.17) is 0 Å². The molecule has 8 heteroatoms.